The molecule has 1 aromatic heterocycles. The van der Waals surface area contributed by atoms with Gasteiger partial charge >= 0.3 is 0 Å². The number of aromatic nitrogens is 1. The first kappa shape index (κ1) is 14.6. The summed E-state index contributed by atoms with van der Waals surface area (Å²) in [7, 11) is 0. The number of rotatable bonds is 6. The number of ether oxygens (including phenoxy) is 1. The quantitative estimate of drug-likeness (QED) is 0.626. The Morgan fingerprint density at radius 1 is 0.909 bits per heavy atom. The van der Waals surface area contributed by atoms with Crippen molar-refractivity contribution in [2.75, 3.05) is 0 Å². The molecule has 2 heteroatoms. The molecule has 2 aromatic carbocycles. The molecule has 3 aromatic rings. The topological polar surface area (TPSA) is 22.1 Å². The Kier molecular flexibility index (Phi) is 4.69. The summed E-state index contributed by atoms with van der Waals surface area (Å²) in [5.41, 5.74) is 3.26. The number of hydrogen-bond acceptors (Lipinski definition) is 2. The largest absolute Gasteiger partial charge is 0.487 e. The van der Waals surface area contributed by atoms with Crippen LogP contribution in [0, 0.1) is 0 Å². The van der Waals surface area contributed by atoms with Gasteiger partial charge in [-0.2, -0.15) is 0 Å². The van der Waals surface area contributed by atoms with Crippen LogP contribution in [0.25, 0.3) is 10.9 Å². The van der Waals surface area contributed by atoms with Crippen molar-refractivity contribution in [2.45, 2.75) is 32.8 Å². The first-order valence-electron chi connectivity index (χ1n) is 7.92. The van der Waals surface area contributed by atoms with Crippen molar-refractivity contribution in [1.82, 2.24) is 4.98 Å². The first-order valence-corrected chi connectivity index (χ1v) is 7.92. The molecule has 0 aliphatic rings. The first-order chi connectivity index (χ1) is 10.9. The number of hydrogen-bond donors (Lipinski definition) is 0. The maximum Gasteiger partial charge on any atom is 0.130 e. The minimum atomic E-state index is 0.508. The van der Waals surface area contributed by atoms with Gasteiger partial charge in [0.2, 0.25) is 0 Å². The molecule has 0 fully saturated rings. The number of pyridine rings is 1. The molecule has 0 radical (unpaired) electrons. The molecule has 0 aliphatic carbocycles. The molecule has 3 rings (SSSR count). The Hall–Kier alpha value is -2.35. The van der Waals surface area contributed by atoms with E-state index in [2.05, 4.69) is 36.2 Å². The number of fused-ring (bicyclic) bond motifs is 1. The Balaban J connectivity index is 1.73. The molecule has 0 atom stereocenters. The van der Waals surface area contributed by atoms with E-state index in [4.69, 9.17) is 4.74 Å². The van der Waals surface area contributed by atoms with Crippen LogP contribution in [0.2, 0.25) is 0 Å². The second kappa shape index (κ2) is 7.08. The fourth-order valence-electron chi connectivity index (χ4n) is 2.56. The average Bonchev–Trinajstić information content (AvgIpc) is 2.58. The Morgan fingerprint density at radius 2 is 1.73 bits per heavy atom. The molecule has 1 heterocycles. The Bertz CT molecular complexity index is 751. The van der Waals surface area contributed by atoms with Gasteiger partial charge in [-0.05, 0) is 36.6 Å². The van der Waals surface area contributed by atoms with E-state index in [-0.39, 0.29) is 0 Å². The third kappa shape index (κ3) is 3.45. The summed E-state index contributed by atoms with van der Waals surface area (Å²) in [6, 6.07) is 20.6. The molecule has 0 amide bonds. The van der Waals surface area contributed by atoms with Crippen molar-refractivity contribution in [3.8, 4) is 5.75 Å². The zero-order valence-electron chi connectivity index (χ0n) is 13.0. The number of aryl methyl sites for hydroxylation is 1. The summed E-state index contributed by atoms with van der Waals surface area (Å²) in [4.78, 5) is 4.66. The van der Waals surface area contributed by atoms with E-state index < -0.39 is 0 Å². The lowest BCUT2D eigenvalue weighted by Gasteiger charge is -2.11. The lowest BCUT2D eigenvalue weighted by atomic mass is 10.1. The third-order valence-corrected chi connectivity index (χ3v) is 3.80. The van der Waals surface area contributed by atoms with Crippen molar-refractivity contribution in [1.29, 1.82) is 0 Å². The van der Waals surface area contributed by atoms with Crippen molar-refractivity contribution in [3.63, 3.8) is 0 Å². The van der Waals surface area contributed by atoms with E-state index in [0.29, 0.717) is 6.61 Å². The number of benzene rings is 2. The van der Waals surface area contributed by atoms with Gasteiger partial charge < -0.3 is 4.74 Å². The minimum Gasteiger partial charge on any atom is -0.487 e. The zero-order chi connectivity index (χ0) is 15.2. The molecule has 0 saturated carbocycles. The predicted octanol–water partition coefficient (Wildman–Crippen LogP) is 5.16. The molecule has 0 unspecified atom stereocenters. The monoisotopic (exact) mass is 291 g/mol. The number of nitrogens with zero attached hydrogens (tertiary/aromatic N) is 1. The molecule has 0 N–H and O–H groups in total. The molecule has 0 bridgehead atoms. The van der Waals surface area contributed by atoms with E-state index in [1.165, 1.54) is 18.4 Å². The Morgan fingerprint density at radius 3 is 2.64 bits per heavy atom. The van der Waals surface area contributed by atoms with Crippen LogP contribution in [0.4, 0.5) is 0 Å². The molecular formula is C20H21NO. The maximum atomic E-state index is 6.01. The summed E-state index contributed by atoms with van der Waals surface area (Å²) in [5, 5.41) is 1.16. The van der Waals surface area contributed by atoms with Crippen LogP contribution < -0.4 is 4.74 Å². The second-order valence-electron chi connectivity index (χ2n) is 5.50. The van der Waals surface area contributed by atoms with Crippen LogP contribution in [0.5, 0.6) is 5.75 Å². The SMILES string of the molecule is CCCCc1ccccc1OCc1ccc2ccccc2n1. The number of unbranched alkanes of at least 4 members (excludes halogenated alkanes) is 1. The van der Waals surface area contributed by atoms with Crippen molar-refractivity contribution >= 4 is 10.9 Å². The van der Waals surface area contributed by atoms with Crippen molar-refractivity contribution in [2.24, 2.45) is 0 Å². The summed E-state index contributed by atoms with van der Waals surface area (Å²) >= 11 is 0. The van der Waals surface area contributed by atoms with E-state index in [0.717, 1.165) is 28.8 Å². The highest BCUT2D eigenvalue weighted by Gasteiger charge is 2.04. The van der Waals surface area contributed by atoms with Gasteiger partial charge in [-0.25, -0.2) is 4.98 Å². The van der Waals surface area contributed by atoms with Gasteiger partial charge in [0.1, 0.15) is 12.4 Å². The van der Waals surface area contributed by atoms with Crippen LogP contribution in [0.15, 0.2) is 60.7 Å². The predicted molar refractivity (Wildman–Crippen MR) is 91.1 cm³/mol. The van der Waals surface area contributed by atoms with Crippen LogP contribution >= 0.6 is 0 Å². The van der Waals surface area contributed by atoms with E-state index in [9.17, 15) is 0 Å². The highest BCUT2D eigenvalue weighted by molar-refractivity contribution is 5.78. The second-order valence-corrected chi connectivity index (χ2v) is 5.50. The summed E-state index contributed by atoms with van der Waals surface area (Å²) in [5.74, 6) is 0.978. The summed E-state index contributed by atoms with van der Waals surface area (Å²) in [6.45, 7) is 2.72. The molecule has 0 aliphatic heterocycles. The van der Waals surface area contributed by atoms with E-state index in [1.807, 2.05) is 36.4 Å². The average molecular weight is 291 g/mol. The van der Waals surface area contributed by atoms with Crippen LogP contribution in [-0.2, 0) is 13.0 Å². The highest BCUT2D eigenvalue weighted by Crippen LogP contribution is 2.21. The molecule has 0 spiro atoms. The standard InChI is InChI=1S/C20H21NO/c1-2-3-8-17-10-5-7-12-20(17)22-15-18-14-13-16-9-4-6-11-19(16)21-18/h4-7,9-14H,2-3,8,15H2,1H3. The van der Waals surface area contributed by atoms with Crippen molar-refractivity contribution < 1.29 is 4.74 Å². The van der Waals surface area contributed by atoms with Gasteiger partial charge in [0.15, 0.2) is 0 Å². The molecule has 112 valence electrons. The van der Waals surface area contributed by atoms with E-state index in [1.54, 1.807) is 0 Å². The molecular weight excluding hydrogens is 270 g/mol. The third-order valence-electron chi connectivity index (χ3n) is 3.80. The van der Waals surface area contributed by atoms with Crippen LogP contribution in [0.3, 0.4) is 0 Å². The fourth-order valence-corrected chi connectivity index (χ4v) is 2.56. The normalized spacial score (nSPS) is 10.8. The molecule has 2 nitrogen and oxygen atoms in total. The van der Waals surface area contributed by atoms with Crippen molar-refractivity contribution in [3.05, 3.63) is 71.9 Å². The van der Waals surface area contributed by atoms with Gasteiger partial charge in [-0.3, -0.25) is 0 Å². The van der Waals surface area contributed by atoms with Gasteiger partial charge in [-0.15, -0.1) is 0 Å². The van der Waals surface area contributed by atoms with Gasteiger partial charge in [-0.1, -0.05) is 55.8 Å². The summed E-state index contributed by atoms with van der Waals surface area (Å²) < 4.78 is 6.01. The van der Waals surface area contributed by atoms with Crippen LogP contribution in [0.1, 0.15) is 31.0 Å². The van der Waals surface area contributed by atoms with E-state index >= 15 is 0 Å². The van der Waals surface area contributed by atoms with Gasteiger partial charge in [0, 0.05) is 5.39 Å². The smallest absolute Gasteiger partial charge is 0.130 e. The maximum absolute atomic E-state index is 6.01. The Labute approximate surface area is 131 Å². The molecule has 22 heavy (non-hydrogen) atoms. The lowest BCUT2D eigenvalue weighted by molar-refractivity contribution is 0.298. The van der Waals surface area contributed by atoms with Crippen LogP contribution in [-0.4, -0.2) is 4.98 Å². The van der Waals surface area contributed by atoms with Gasteiger partial charge in [0.05, 0.1) is 11.2 Å². The zero-order valence-corrected chi connectivity index (χ0v) is 13.0. The molecule has 0 saturated heterocycles. The fraction of sp³-hybridized carbons (Fsp3) is 0.250. The lowest BCUT2D eigenvalue weighted by Crippen LogP contribution is -2.01. The highest BCUT2D eigenvalue weighted by atomic mass is 16.5. The van der Waals surface area contributed by atoms with Gasteiger partial charge in [0.25, 0.3) is 0 Å². The summed E-state index contributed by atoms with van der Waals surface area (Å²) in [6.07, 6.45) is 3.45. The number of para-hydroxylation sites is 2. The minimum absolute atomic E-state index is 0.508.